The lowest BCUT2D eigenvalue weighted by Crippen LogP contribution is -2.27. The topological polar surface area (TPSA) is 64.6 Å². The van der Waals surface area contributed by atoms with E-state index in [1.165, 1.54) is 7.11 Å². The lowest BCUT2D eigenvalue weighted by Gasteiger charge is -2.19. The third kappa shape index (κ3) is 9.45. The zero-order chi connectivity index (χ0) is 12.6. The summed E-state index contributed by atoms with van der Waals surface area (Å²) in [5, 5.41) is 2.87. The molecule has 5 heteroatoms. The molecule has 0 unspecified atom stereocenters. The summed E-state index contributed by atoms with van der Waals surface area (Å²) in [4.78, 5) is 22.0. The van der Waals surface area contributed by atoms with Crippen LogP contribution in [0.5, 0.6) is 0 Å². The van der Waals surface area contributed by atoms with E-state index in [0.29, 0.717) is 19.4 Å². The minimum atomic E-state index is -0.434. The molecule has 0 rings (SSSR count). The van der Waals surface area contributed by atoms with E-state index in [0.717, 1.165) is 0 Å². The van der Waals surface area contributed by atoms with E-state index in [1.807, 2.05) is 20.8 Å². The molecule has 0 saturated carbocycles. The summed E-state index contributed by atoms with van der Waals surface area (Å²) in [6.07, 6.45) is 0.997. The summed E-state index contributed by atoms with van der Waals surface area (Å²) in [6.45, 7) is 6.26. The summed E-state index contributed by atoms with van der Waals surface area (Å²) in [5.41, 5.74) is -0.434. The van der Waals surface area contributed by atoms with Gasteiger partial charge in [-0.2, -0.15) is 0 Å². The van der Waals surface area contributed by atoms with Gasteiger partial charge in [-0.3, -0.25) is 9.59 Å². The van der Waals surface area contributed by atoms with Crippen molar-refractivity contribution in [2.75, 3.05) is 20.2 Å². The van der Waals surface area contributed by atoms with Crippen LogP contribution in [0.15, 0.2) is 0 Å². The Balaban J connectivity index is 3.45. The number of rotatable bonds is 6. The molecular weight excluding hydrogens is 210 g/mol. The third-order valence-electron chi connectivity index (χ3n) is 1.65. The molecular formula is C11H21NO4. The molecule has 5 nitrogen and oxygen atoms in total. The summed E-state index contributed by atoms with van der Waals surface area (Å²) in [5.74, 6) is -0.523. The fourth-order valence-electron chi connectivity index (χ4n) is 1.01. The van der Waals surface area contributed by atoms with Gasteiger partial charge < -0.3 is 14.8 Å². The molecule has 0 heterocycles. The maximum atomic E-state index is 11.3. The zero-order valence-corrected chi connectivity index (χ0v) is 10.5. The SMILES string of the molecule is COC(=O)CNCCCC(=O)OC(C)(C)C. The molecule has 16 heavy (non-hydrogen) atoms. The highest BCUT2D eigenvalue weighted by atomic mass is 16.6. The summed E-state index contributed by atoms with van der Waals surface area (Å²) < 4.78 is 9.58. The van der Waals surface area contributed by atoms with Gasteiger partial charge in [-0.1, -0.05) is 0 Å². The number of nitrogens with one attached hydrogen (secondary N) is 1. The van der Waals surface area contributed by atoms with Crippen molar-refractivity contribution in [2.24, 2.45) is 0 Å². The van der Waals surface area contributed by atoms with Crippen LogP contribution in [0.4, 0.5) is 0 Å². The van der Waals surface area contributed by atoms with E-state index >= 15 is 0 Å². The predicted molar refractivity (Wildman–Crippen MR) is 60.0 cm³/mol. The van der Waals surface area contributed by atoms with Crippen molar-refractivity contribution in [1.29, 1.82) is 0 Å². The maximum Gasteiger partial charge on any atom is 0.319 e. The first-order valence-electron chi connectivity index (χ1n) is 5.34. The third-order valence-corrected chi connectivity index (χ3v) is 1.65. The number of ether oxygens (including phenoxy) is 2. The van der Waals surface area contributed by atoms with Crippen LogP contribution < -0.4 is 5.32 Å². The van der Waals surface area contributed by atoms with Gasteiger partial charge in [0.1, 0.15) is 5.60 Å². The second-order valence-electron chi connectivity index (χ2n) is 4.44. The number of hydrogen-bond donors (Lipinski definition) is 1. The Morgan fingerprint density at radius 3 is 2.31 bits per heavy atom. The first kappa shape index (κ1) is 14.9. The van der Waals surface area contributed by atoms with Crippen molar-refractivity contribution in [1.82, 2.24) is 5.32 Å². The summed E-state index contributed by atoms with van der Waals surface area (Å²) in [7, 11) is 1.34. The second kappa shape index (κ2) is 7.22. The smallest absolute Gasteiger partial charge is 0.319 e. The lowest BCUT2D eigenvalue weighted by molar-refractivity contribution is -0.154. The van der Waals surface area contributed by atoms with E-state index in [2.05, 4.69) is 10.1 Å². The van der Waals surface area contributed by atoms with E-state index in [1.54, 1.807) is 0 Å². The monoisotopic (exact) mass is 231 g/mol. The molecule has 94 valence electrons. The van der Waals surface area contributed by atoms with Crippen LogP contribution in [0.1, 0.15) is 33.6 Å². The molecule has 0 aliphatic rings. The van der Waals surface area contributed by atoms with Crippen molar-refractivity contribution < 1.29 is 19.1 Å². The molecule has 0 aromatic rings. The Bertz CT molecular complexity index is 233. The van der Waals surface area contributed by atoms with E-state index in [-0.39, 0.29) is 18.5 Å². The molecule has 0 bridgehead atoms. The van der Waals surface area contributed by atoms with Crippen LogP contribution in [0.25, 0.3) is 0 Å². The molecule has 0 aromatic heterocycles. The average Bonchev–Trinajstić information content (AvgIpc) is 2.14. The Morgan fingerprint density at radius 1 is 1.19 bits per heavy atom. The van der Waals surface area contributed by atoms with Gasteiger partial charge in [-0.15, -0.1) is 0 Å². The molecule has 0 aromatic carbocycles. The highest BCUT2D eigenvalue weighted by molar-refractivity contribution is 5.71. The van der Waals surface area contributed by atoms with E-state index in [4.69, 9.17) is 4.74 Å². The summed E-state index contributed by atoms with van der Waals surface area (Å²) in [6, 6.07) is 0. The van der Waals surface area contributed by atoms with Gasteiger partial charge in [0.05, 0.1) is 13.7 Å². The molecule has 0 aliphatic carbocycles. The van der Waals surface area contributed by atoms with Gasteiger partial charge >= 0.3 is 11.9 Å². The standard InChI is InChI=1S/C11H21NO4/c1-11(2,3)16-9(13)6-5-7-12-8-10(14)15-4/h12H,5-8H2,1-4H3. The van der Waals surface area contributed by atoms with Crippen molar-refractivity contribution in [2.45, 2.75) is 39.2 Å². The van der Waals surface area contributed by atoms with Gasteiger partial charge in [-0.25, -0.2) is 0 Å². The zero-order valence-electron chi connectivity index (χ0n) is 10.5. The van der Waals surface area contributed by atoms with Crippen LogP contribution in [0.2, 0.25) is 0 Å². The minimum absolute atomic E-state index is 0.171. The maximum absolute atomic E-state index is 11.3. The fourth-order valence-corrected chi connectivity index (χ4v) is 1.01. The fraction of sp³-hybridized carbons (Fsp3) is 0.818. The molecule has 0 amide bonds. The van der Waals surface area contributed by atoms with Crippen LogP contribution in [0, 0.1) is 0 Å². The Labute approximate surface area is 96.5 Å². The lowest BCUT2D eigenvalue weighted by atomic mass is 10.2. The van der Waals surface area contributed by atoms with Gasteiger partial charge in [0, 0.05) is 6.42 Å². The molecule has 0 spiro atoms. The van der Waals surface area contributed by atoms with Crippen LogP contribution >= 0.6 is 0 Å². The van der Waals surface area contributed by atoms with Gasteiger partial charge in [-0.05, 0) is 33.7 Å². The van der Waals surface area contributed by atoms with E-state index in [9.17, 15) is 9.59 Å². The van der Waals surface area contributed by atoms with Gasteiger partial charge in [0.25, 0.3) is 0 Å². The average molecular weight is 231 g/mol. The molecule has 0 saturated heterocycles. The molecule has 0 fully saturated rings. The number of carbonyl (C=O) groups excluding carboxylic acids is 2. The first-order valence-corrected chi connectivity index (χ1v) is 5.34. The van der Waals surface area contributed by atoms with Crippen LogP contribution in [-0.4, -0.2) is 37.7 Å². The number of hydrogen-bond acceptors (Lipinski definition) is 5. The number of esters is 2. The molecule has 1 N–H and O–H groups in total. The predicted octanol–water partition coefficient (Wildman–Crippen LogP) is 0.871. The quantitative estimate of drug-likeness (QED) is 0.543. The Morgan fingerprint density at radius 2 is 1.81 bits per heavy atom. The number of methoxy groups -OCH3 is 1. The van der Waals surface area contributed by atoms with Crippen molar-refractivity contribution in [3.63, 3.8) is 0 Å². The second-order valence-corrected chi connectivity index (χ2v) is 4.44. The first-order chi connectivity index (χ1) is 7.35. The molecule has 0 radical (unpaired) electrons. The van der Waals surface area contributed by atoms with Gasteiger partial charge in [0.15, 0.2) is 0 Å². The van der Waals surface area contributed by atoms with Crippen molar-refractivity contribution in [3.8, 4) is 0 Å². The molecule has 0 atom stereocenters. The van der Waals surface area contributed by atoms with Crippen molar-refractivity contribution in [3.05, 3.63) is 0 Å². The van der Waals surface area contributed by atoms with Gasteiger partial charge in [0.2, 0.25) is 0 Å². The molecule has 0 aliphatic heterocycles. The Hall–Kier alpha value is -1.10. The number of carbonyl (C=O) groups is 2. The normalized spacial score (nSPS) is 11.0. The van der Waals surface area contributed by atoms with Crippen LogP contribution in [0.3, 0.4) is 0 Å². The Kier molecular flexibility index (Phi) is 6.72. The largest absolute Gasteiger partial charge is 0.468 e. The minimum Gasteiger partial charge on any atom is -0.468 e. The van der Waals surface area contributed by atoms with Crippen molar-refractivity contribution >= 4 is 11.9 Å². The highest BCUT2D eigenvalue weighted by Gasteiger charge is 2.15. The summed E-state index contributed by atoms with van der Waals surface area (Å²) >= 11 is 0. The van der Waals surface area contributed by atoms with E-state index < -0.39 is 5.60 Å². The van der Waals surface area contributed by atoms with Crippen LogP contribution in [-0.2, 0) is 19.1 Å². The highest BCUT2D eigenvalue weighted by Crippen LogP contribution is 2.08.